The molecule has 0 heterocycles. The molecule has 0 unspecified atom stereocenters. The molecule has 7 nitrogen and oxygen atoms in total. The number of amides is 1. The lowest BCUT2D eigenvalue weighted by Crippen LogP contribution is -2.29. The minimum atomic E-state index is -3.71. The minimum Gasteiger partial charge on any atom is -0.462 e. The van der Waals surface area contributed by atoms with Crippen molar-refractivity contribution in [2.45, 2.75) is 26.3 Å². The Labute approximate surface area is 204 Å². The molecule has 0 spiro atoms. The number of rotatable bonds is 10. The van der Waals surface area contributed by atoms with E-state index >= 15 is 0 Å². The average molecular weight is 499 g/mol. The first-order valence-electron chi connectivity index (χ1n) is 11.1. The number of benzene rings is 3. The summed E-state index contributed by atoms with van der Waals surface area (Å²) in [4.78, 5) is 24.6. The van der Waals surface area contributed by atoms with Crippen LogP contribution in [-0.4, -0.2) is 33.2 Å². The maximum Gasteiger partial charge on any atom is 0.338 e. The Morgan fingerprint density at radius 2 is 1.57 bits per heavy atom. The maximum atomic E-state index is 14.1. The van der Waals surface area contributed by atoms with Gasteiger partial charge in [0.05, 0.1) is 30.7 Å². The van der Waals surface area contributed by atoms with Crippen LogP contribution < -0.4 is 9.62 Å². The van der Waals surface area contributed by atoms with E-state index in [2.05, 4.69) is 5.32 Å². The highest BCUT2D eigenvalue weighted by atomic mass is 32.2. The first kappa shape index (κ1) is 25.9. The molecule has 0 saturated carbocycles. The Kier molecular flexibility index (Phi) is 8.59. The fourth-order valence-corrected chi connectivity index (χ4v) is 4.12. The monoisotopic (exact) mass is 498 g/mol. The van der Waals surface area contributed by atoms with Crippen LogP contribution in [-0.2, 0) is 21.3 Å². The fraction of sp³-hybridized carbons (Fsp3) is 0.231. The smallest absolute Gasteiger partial charge is 0.338 e. The third-order valence-electron chi connectivity index (χ3n) is 5.20. The summed E-state index contributed by atoms with van der Waals surface area (Å²) in [7, 11) is -3.71. The van der Waals surface area contributed by atoms with Gasteiger partial charge in [-0.05, 0) is 61.0 Å². The maximum absolute atomic E-state index is 14.1. The lowest BCUT2D eigenvalue weighted by molar-refractivity contribution is 0.0499. The number of sulfonamides is 1. The summed E-state index contributed by atoms with van der Waals surface area (Å²) in [6.45, 7) is 2.19. The van der Waals surface area contributed by atoms with E-state index in [0.29, 0.717) is 29.1 Å². The van der Waals surface area contributed by atoms with Gasteiger partial charge in [-0.15, -0.1) is 0 Å². The van der Waals surface area contributed by atoms with Gasteiger partial charge in [0.15, 0.2) is 0 Å². The second kappa shape index (κ2) is 11.6. The van der Waals surface area contributed by atoms with E-state index in [1.54, 1.807) is 30.3 Å². The van der Waals surface area contributed by atoms with Gasteiger partial charge in [0.2, 0.25) is 10.0 Å². The van der Waals surface area contributed by atoms with Gasteiger partial charge in [0, 0.05) is 16.8 Å². The summed E-state index contributed by atoms with van der Waals surface area (Å²) in [5.41, 5.74) is 1.72. The fourth-order valence-electron chi connectivity index (χ4n) is 3.25. The van der Waals surface area contributed by atoms with Crippen molar-refractivity contribution in [3.05, 3.63) is 95.3 Å². The molecule has 3 rings (SSSR count). The zero-order valence-corrected chi connectivity index (χ0v) is 20.3. The second-order valence-electron chi connectivity index (χ2n) is 7.93. The Morgan fingerprint density at radius 3 is 2.17 bits per heavy atom. The third-order valence-corrected chi connectivity index (χ3v) is 6.34. The van der Waals surface area contributed by atoms with Gasteiger partial charge >= 0.3 is 5.97 Å². The molecule has 0 atom stereocenters. The van der Waals surface area contributed by atoms with Crippen LogP contribution in [0, 0.1) is 5.82 Å². The quantitative estimate of drug-likeness (QED) is 0.314. The molecule has 3 aromatic carbocycles. The van der Waals surface area contributed by atoms with Crippen LogP contribution in [0.15, 0.2) is 72.8 Å². The Morgan fingerprint density at radius 1 is 0.943 bits per heavy atom. The molecule has 0 radical (unpaired) electrons. The van der Waals surface area contributed by atoms with Gasteiger partial charge in [-0.3, -0.25) is 9.10 Å². The zero-order valence-electron chi connectivity index (χ0n) is 19.5. The molecule has 0 fully saturated rings. The van der Waals surface area contributed by atoms with E-state index in [0.717, 1.165) is 23.4 Å². The van der Waals surface area contributed by atoms with Gasteiger partial charge in [-0.2, -0.15) is 0 Å². The lowest BCUT2D eigenvalue weighted by Gasteiger charge is -2.23. The number of nitrogens with one attached hydrogen (secondary N) is 1. The zero-order chi connectivity index (χ0) is 25.4. The molecule has 3 aromatic rings. The number of nitrogens with zero attached hydrogens (tertiary/aromatic N) is 1. The van der Waals surface area contributed by atoms with Crippen molar-refractivity contribution in [3.63, 3.8) is 0 Å². The molecule has 0 saturated heterocycles. The number of carbonyl (C=O) groups excluding carboxylic acids is 2. The van der Waals surface area contributed by atoms with Crippen molar-refractivity contribution in [1.29, 1.82) is 0 Å². The summed E-state index contributed by atoms with van der Waals surface area (Å²) in [6.07, 6.45) is 2.76. The highest BCUT2D eigenvalue weighted by molar-refractivity contribution is 7.92. The van der Waals surface area contributed by atoms with Crippen molar-refractivity contribution in [2.24, 2.45) is 0 Å². The van der Waals surface area contributed by atoms with Crippen LogP contribution in [0.3, 0.4) is 0 Å². The Balaban J connectivity index is 1.69. The van der Waals surface area contributed by atoms with Crippen LogP contribution >= 0.6 is 0 Å². The van der Waals surface area contributed by atoms with Crippen LogP contribution in [0.5, 0.6) is 0 Å². The van der Waals surface area contributed by atoms with Crippen molar-refractivity contribution in [1.82, 2.24) is 0 Å². The van der Waals surface area contributed by atoms with E-state index < -0.39 is 27.7 Å². The Bertz CT molecular complexity index is 1280. The van der Waals surface area contributed by atoms with Crippen LogP contribution in [0.1, 0.15) is 46.0 Å². The highest BCUT2D eigenvalue weighted by Gasteiger charge is 2.20. The van der Waals surface area contributed by atoms with E-state index in [-0.39, 0.29) is 12.1 Å². The molecular formula is C26H27FN2O5S. The molecule has 184 valence electrons. The van der Waals surface area contributed by atoms with Gasteiger partial charge in [-0.1, -0.05) is 31.5 Å². The summed E-state index contributed by atoms with van der Waals surface area (Å²) < 4.78 is 45.0. The van der Waals surface area contributed by atoms with Gasteiger partial charge < -0.3 is 10.1 Å². The number of hydrogen-bond donors (Lipinski definition) is 1. The minimum absolute atomic E-state index is 0.176. The average Bonchev–Trinajstić information content (AvgIpc) is 2.83. The molecule has 0 aliphatic rings. The summed E-state index contributed by atoms with van der Waals surface area (Å²) >= 11 is 0. The number of unbranched alkanes of at least 4 members (excludes halogenated alkanes) is 1. The molecule has 9 heteroatoms. The van der Waals surface area contributed by atoms with E-state index in [1.165, 1.54) is 42.5 Å². The van der Waals surface area contributed by atoms with Crippen molar-refractivity contribution in [2.75, 3.05) is 22.5 Å². The largest absolute Gasteiger partial charge is 0.462 e. The standard InChI is InChI=1S/C26H27FN2O5S/c1-3-4-17-34-26(31)20-9-13-22(14-10-20)28-25(30)19-11-15-23(16-12-19)29(35(2,32)33)18-21-7-5-6-8-24(21)27/h5-16H,3-4,17-18H2,1-2H3,(H,28,30). The first-order chi connectivity index (χ1) is 16.7. The van der Waals surface area contributed by atoms with Crippen LogP contribution in [0.4, 0.5) is 15.8 Å². The third kappa shape index (κ3) is 7.13. The molecule has 35 heavy (non-hydrogen) atoms. The highest BCUT2D eigenvalue weighted by Crippen LogP contribution is 2.23. The van der Waals surface area contributed by atoms with Crippen LogP contribution in [0.2, 0.25) is 0 Å². The SMILES string of the molecule is CCCCOC(=O)c1ccc(NC(=O)c2ccc(N(Cc3ccccc3F)S(C)(=O)=O)cc2)cc1. The van der Waals surface area contributed by atoms with Crippen molar-refractivity contribution < 1.29 is 27.1 Å². The normalized spacial score (nSPS) is 11.1. The van der Waals surface area contributed by atoms with Crippen LogP contribution in [0.25, 0.3) is 0 Å². The van der Waals surface area contributed by atoms with Gasteiger partial charge in [0.25, 0.3) is 5.91 Å². The molecule has 0 aliphatic heterocycles. The predicted molar refractivity (Wildman–Crippen MR) is 133 cm³/mol. The second-order valence-corrected chi connectivity index (χ2v) is 9.84. The number of anilines is 2. The summed E-state index contributed by atoms with van der Waals surface area (Å²) in [5.74, 6) is -1.33. The molecule has 0 aliphatic carbocycles. The predicted octanol–water partition coefficient (Wildman–Crippen LogP) is 5.00. The van der Waals surface area contributed by atoms with Crippen molar-refractivity contribution >= 4 is 33.3 Å². The molecule has 0 bridgehead atoms. The molecule has 0 aromatic heterocycles. The van der Waals surface area contributed by atoms with Gasteiger partial charge in [-0.25, -0.2) is 17.6 Å². The van der Waals surface area contributed by atoms with E-state index in [9.17, 15) is 22.4 Å². The summed E-state index contributed by atoms with van der Waals surface area (Å²) in [6, 6.07) is 18.3. The number of ether oxygens (including phenoxy) is 1. The van der Waals surface area contributed by atoms with Crippen molar-refractivity contribution in [3.8, 4) is 0 Å². The topological polar surface area (TPSA) is 92.8 Å². The number of halogens is 1. The van der Waals surface area contributed by atoms with Gasteiger partial charge in [0.1, 0.15) is 5.82 Å². The number of hydrogen-bond acceptors (Lipinski definition) is 5. The number of carbonyl (C=O) groups is 2. The van der Waals surface area contributed by atoms with E-state index in [4.69, 9.17) is 4.74 Å². The molecular weight excluding hydrogens is 471 g/mol. The molecule has 1 N–H and O–H groups in total. The lowest BCUT2D eigenvalue weighted by atomic mass is 10.1. The van der Waals surface area contributed by atoms with E-state index in [1.807, 2.05) is 6.92 Å². The summed E-state index contributed by atoms with van der Waals surface area (Å²) in [5, 5.41) is 2.73. The number of esters is 1. The molecule has 1 amide bonds. The Hall–Kier alpha value is -3.72. The first-order valence-corrected chi connectivity index (χ1v) is 12.9.